The molecule has 0 aromatic heterocycles. The Morgan fingerprint density at radius 3 is 2.11 bits per heavy atom. The van der Waals surface area contributed by atoms with Gasteiger partial charge >= 0.3 is 11.9 Å². The molecule has 2 aliphatic heterocycles. The Morgan fingerprint density at radius 2 is 1.51 bits per heavy atom. The lowest BCUT2D eigenvalue weighted by Gasteiger charge is -2.40. The molecule has 8 heteroatoms. The number of methoxy groups -OCH3 is 1. The second-order valence-electron chi connectivity index (χ2n) is 8.97. The van der Waals surface area contributed by atoms with Gasteiger partial charge in [-0.25, -0.2) is 9.59 Å². The Bertz CT molecular complexity index is 926. The highest BCUT2D eigenvalue weighted by Gasteiger charge is 2.25. The van der Waals surface area contributed by atoms with Crippen LogP contribution in [0.3, 0.4) is 0 Å². The van der Waals surface area contributed by atoms with E-state index in [1.54, 1.807) is 7.11 Å². The molecule has 8 nitrogen and oxygen atoms in total. The number of rotatable bonds is 7. The SMILES string of the molecule is COc1cc(CN2CCC(N3CCCCC3)CC2)ccc1OCc1ccccc1.O=C(O)C(=O)O. The molecule has 2 heterocycles. The molecule has 0 spiro atoms. The van der Waals surface area contributed by atoms with E-state index in [2.05, 4.69) is 40.1 Å². The molecule has 2 fully saturated rings. The fourth-order valence-corrected chi connectivity index (χ4v) is 4.65. The quantitative estimate of drug-likeness (QED) is 0.571. The zero-order chi connectivity index (χ0) is 25.0. The molecule has 2 N–H and O–H groups in total. The van der Waals surface area contributed by atoms with Crippen LogP contribution in [0.15, 0.2) is 48.5 Å². The number of ether oxygens (including phenoxy) is 2. The number of carbonyl (C=O) groups is 2. The minimum absolute atomic E-state index is 0.556. The van der Waals surface area contributed by atoms with Crippen molar-refractivity contribution in [3.63, 3.8) is 0 Å². The zero-order valence-corrected chi connectivity index (χ0v) is 20.4. The van der Waals surface area contributed by atoms with Crippen LogP contribution < -0.4 is 9.47 Å². The molecule has 2 aromatic rings. The minimum atomic E-state index is -1.82. The number of carboxylic acids is 2. The third-order valence-corrected chi connectivity index (χ3v) is 6.52. The first kappa shape index (κ1) is 26.5. The van der Waals surface area contributed by atoms with Crippen molar-refractivity contribution in [2.24, 2.45) is 0 Å². The zero-order valence-electron chi connectivity index (χ0n) is 20.4. The molecule has 2 saturated heterocycles. The van der Waals surface area contributed by atoms with Crippen LogP contribution in [0.4, 0.5) is 0 Å². The Kier molecular flexibility index (Phi) is 10.4. The molecule has 2 aliphatic rings. The highest BCUT2D eigenvalue weighted by molar-refractivity contribution is 6.27. The summed E-state index contributed by atoms with van der Waals surface area (Å²) in [5.74, 6) is -2.02. The van der Waals surface area contributed by atoms with E-state index in [9.17, 15) is 0 Å². The number of carboxylic acid groups (broad SMARTS) is 2. The number of hydrogen-bond acceptors (Lipinski definition) is 6. The van der Waals surface area contributed by atoms with Crippen LogP contribution in [-0.2, 0) is 22.7 Å². The third-order valence-electron chi connectivity index (χ3n) is 6.52. The molecule has 0 atom stereocenters. The predicted molar refractivity (Wildman–Crippen MR) is 133 cm³/mol. The highest BCUT2D eigenvalue weighted by Crippen LogP contribution is 2.30. The molecule has 0 unspecified atom stereocenters. The van der Waals surface area contributed by atoms with Gasteiger partial charge in [0.25, 0.3) is 0 Å². The molecule has 2 aromatic carbocycles. The van der Waals surface area contributed by atoms with Crippen LogP contribution in [-0.4, -0.2) is 71.3 Å². The van der Waals surface area contributed by atoms with Gasteiger partial charge in [0.2, 0.25) is 0 Å². The maximum absolute atomic E-state index is 9.10. The molecule has 0 radical (unpaired) electrons. The van der Waals surface area contributed by atoms with Gasteiger partial charge in [0.1, 0.15) is 6.61 Å². The van der Waals surface area contributed by atoms with Gasteiger partial charge in [-0.15, -0.1) is 0 Å². The van der Waals surface area contributed by atoms with Crippen molar-refractivity contribution in [1.82, 2.24) is 9.80 Å². The van der Waals surface area contributed by atoms with E-state index in [0.29, 0.717) is 6.61 Å². The monoisotopic (exact) mass is 484 g/mol. The summed E-state index contributed by atoms with van der Waals surface area (Å²) in [5.41, 5.74) is 2.46. The van der Waals surface area contributed by atoms with E-state index >= 15 is 0 Å². The maximum atomic E-state index is 9.10. The largest absolute Gasteiger partial charge is 0.493 e. The van der Waals surface area contributed by atoms with Crippen LogP contribution in [0.5, 0.6) is 11.5 Å². The van der Waals surface area contributed by atoms with Crippen molar-refractivity contribution in [2.75, 3.05) is 33.3 Å². The number of benzene rings is 2. The fourth-order valence-electron chi connectivity index (χ4n) is 4.65. The Labute approximate surface area is 207 Å². The van der Waals surface area contributed by atoms with Crippen LogP contribution in [0.2, 0.25) is 0 Å². The lowest BCUT2D eigenvalue weighted by atomic mass is 9.99. The summed E-state index contributed by atoms with van der Waals surface area (Å²) in [4.78, 5) is 23.5. The Balaban J connectivity index is 0.000000509. The Hall–Kier alpha value is -3.10. The van der Waals surface area contributed by atoms with Crippen LogP contribution in [0.1, 0.15) is 43.2 Å². The topological polar surface area (TPSA) is 99.5 Å². The van der Waals surface area contributed by atoms with Gasteiger partial charge in [-0.3, -0.25) is 4.90 Å². The molecule has 0 amide bonds. The number of nitrogens with zero attached hydrogens (tertiary/aromatic N) is 2. The van der Waals surface area contributed by atoms with Gasteiger partial charge in [0, 0.05) is 12.6 Å². The van der Waals surface area contributed by atoms with Crippen molar-refractivity contribution in [1.29, 1.82) is 0 Å². The molecule has 0 bridgehead atoms. The number of likely N-dealkylation sites (tertiary alicyclic amines) is 2. The molecular weight excluding hydrogens is 448 g/mol. The second-order valence-corrected chi connectivity index (χ2v) is 8.97. The summed E-state index contributed by atoms with van der Waals surface area (Å²) in [6, 6.07) is 17.4. The molecule has 4 rings (SSSR count). The third kappa shape index (κ3) is 8.56. The van der Waals surface area contributed by atoms with Gasteiger partial charge in [0.15, 0.2) is 11.5 Å². The fraction of sp³-hybridized carbons (Fsp3) is 0.481. The van der Waals surface area contributed by atoms with E-state index in [1.165, 1.54) is 63.8 Å². The van der Waals surface area contributed by atoms with E-state index < -0.39 is 11.9 Å². The summed E-state index contributed by atoms with van der Waals surface area (Å²) in [6.45, 7) is 6.55. The molecule has 0 saturated carbocycles. The van der Waals surface area contributed by atoms with Crippen molar-refractivity contribution in [3.8, 4) is 11.5 Å². The van der Waals surface area contributed by atoms with Gasteiger partial charge < -0.3 is 24.6 Å². The van der Waals surface area contributed by atoms with Gasteiger partial charge in [0.05, 0.1) is 7.11 Å². The number of aliphatic carboxylic acids is 2. The molecular formula is C27H36N2O6. The van der Waals surface area contributed by atoms with Crippen molar-refractivity contribution >= 4 is 11.9 Å². The highest BCUT2D eigenvalue weighted by atomic mass is 16.5. The first-order valence-corrected chi connectivity index (χ1v) is 12.2. The van der Waals surface area contributed by atoms with Crippen molar-refractivity contribution < 1.29 is 29.3 Å². The summed E-state index contributed by atoms with van der Waals surface area (Å²) < 4.78 is 11.6. The normalized spacial score (nSPS) is 17.2. The van der Waals surface area contributed by atoms with E-state index in [-0.39, 0.29) is 0 Å². The summed E-state index contributed by atoms with van der Waals surface area (Å²) in [5, 5.41) is 14.8. The van der Waals surface area contributed by atoms with E-state index in [1.807, 2.05) is 18.2 Å². The molecule has 0 aliphatic carbocycles. The maximum Gasteiger partial charge on any atom is 0.414 e. The molecule has 190 valence electrons. The first-order chi connectivity index (χ1) is 17.0. The van der Waals surface area contributed by atoms with Gasteiger partial charge in [-0.05, 0) is 75.1 Å². The average Bonchev–Trinajstić information content (AvgIpc) is 2.89. The minimum Gasteiger partial charge on any atom is -0.493 e. The summed E-state index contributed by atoms with van der Waals surface area (Å²) in [7, 11) is 1.72. The second kappa shape index (κ2) is 13.7. The smallest absolute Gasteiger partial charge is 0.414 e. The summed E-state index contributed by atoms with van der Waals surface area (Å²) in [6.07, 6.45) is 6.80. The lowest BCUT2D eigenvalue weighted by Crippen LogP contribution is -2.46. The van der Waals surface area contributed by atoms with Crippen molar-refractivity contribution in [3.05, 3.63) is 59.7 Å². The predicted octanol–water partition coefficient (Wildman–Crippen LogP) is 3.88. The van der Waals surface area contributed by atoms with Crippen LogP contribution in [0.25, 0.3) is 0 Å². The van der Waals surface area contributed by atoms with Gasteiger partial charge in [-0.1, -0.05) is 42.8 Å². The first-order valence-electron chi connectivity index (χ1n) is 12.2. The lowest BCUT2D eigenvalue weighted by molar-refractivity contribution is -0.159. The van der Waals surface area contributed by atoms with Crippen molar-refractivity contribution in [2.45, 2.75) is 51.3 Å². The van der Waals surface area contributed by atoms with E-state index in [4.69, 9.17) is 29.3 Å². The van der Waals surface area contributed by atoms with Crippen LogP contribution >= 0.6 is 0 Å². The van der Waals surface area contributed by atoms with Gasteiger partial charge in [-0.2, -0.15) is 0 Å². The number of hydrogen-bond donors (Lipinski definition) is 2. The molecule has 35 heavy (non-hydrogen) atoms. The standard InChI is InChI=1S/C25H34N2O2.C2H2O4/c1-28-25-18-22(10-11-24(25)29-20-21-8-4-2-5-9-21)19-26-16-12-23(13-17-26)27-14-6-3-7-15-27;3-1(4)2(5)6/h2,4-5,8-11,18,23H,3,6-7,12-17,19-20H2,1H3;(H,3,4)(H,5,6). The number of piperidine rings is 2. The average molecular weight is 485 g/mol. The van der Waals surface area contributed by atoms with E-state index in [0.717, 1.165) is 29.6 Å². The Morgan fingerprint density at radius 1 is 0.857 bits per heavy atom. The van der Waals surface area contributed by atoms with Crippen LogP contribution in [0, 0.1) is 0 Å². The summed E-state index contributed by atoms with van der Waals surface area (Å²) >= 11 is 0.